The van der Waals surface area contributed by atoms with E-state index in [9.17, 15) is 0 Å². The molecule has 0 aromatic heterocycles. The summed E-state index contributed by atoms with van der Waals surface area (Å²) in [6.07, 6.45) is 0. The van der Waals surface area contributed by atoms with Crippen LogP contribution in [0.1, 0.15) is 0 Å². The summed E-state index contributed by atoms with van der Waals surface area (Å²) in [5.41, 5.74) is 2.70. The molecule has 0 N–H and O–H groups in total. The fraction of sp³-hybridized carbons (Fsp3) is 0. The van der Waals surface area contributed by atoms with Crippen LogP contribution in [0, 0.1) is 0 Å². The van der Waals surface area contributed by atoms with Crippen molar-refractivity contribution in [3.8, 4) is 11.1 Å². The van der Waals surface area contributed by atoms with E-state index in [-0.39, 0.29) is 34.8 Å². The van der Waals surface area contributed by atoms with E-state index < -0.39 is 15.8 Å². The predicted molar refractivity (Wildman–Crippen MR) is 204 cm³/mol. The van der Waals surface area contributed by atoms with Gasteiger partial charge in [-0.3, -0.25) is 0 Å². The van der Waals surface area contributed by atoms with Crippen LogP contribution in [0.4, 0.5) is 0 Å². The molecular formula is C44H32AuClP2. The number of hydrogen-bond acceptors (Lipinski definition) is 0. The number of hydrogen-bond donors (Lipinski definition) is 0. The van der Waals surface area contributed by atoms with Gasteiger partial charge >= 0.3 is 22.4 Å². The molecule has 0 atom stereocenters. The monoisotopic (exact) mass is 854 g/mol. The van der Waals surface area contributed by atoms with Crippen molar-refractivity contribution in [2.45, 2.75) is 0 Å². The standard InChI is InChI=1S/C44H32P2.Au.ClH/c1-5-19-35(20-6-1)45(36-21-7-2-8-22-36)41-31-29-33-17-13-15-27-39(33)43(41)44-40-28-16-14-18-34(40)30-32-42(44)46(37-23-9-3-10-24-37)38-25-11-4-12-26-38;;/h1-32H;;1H/q;+1;/p-1. The smallest absolute Gasteiger partial charge is 1.00 e. The summed E-state index contributed by atoms with van der Waals surface area (Å²) in [6.45, 7) is 0. The molecule has 8 aromatic rings. The molecule has 8 rings (SSSR count). The second-order valence-electron chi connectivity index (χ2n) is 11.4. The SMILES string of the molecule is [Au+].[Cl-].c1ccc(P(c2ccccc2)c2ccc3ccccc3c2-c2c(P(c3ccccc3)c3ccccc3)ccc3ccccc23)cc1. The molecule has 236 valence electrons. The maximum atomic E-state index is 2.42. The number of fused-ring (bicyclic) bond motifs is 2. The van der Waals surface area contributed by atoms with Crippen molar-refractivity contribution in [2.24, 2.45) is 0 Å². The van der Waals surface area contributed by atoms with Crippen LogP contribution >= 0.6 is 15.8 Å². The van der Waals surface area contributed by atoms with Gasteiger partial charge < -0.3 is 12.4 Å². The van der Waals surface area contributed by atoms with Crippen molar-refractivity contribution in [3.63, 3.8) is 0 Å². The molecule has 0 saturated carbocycles. The van der Waals surface area contributed by atoms with E-state index >= 15 is 0 Å². The summed E-state index contributed by atoms with van der Waals surface area (Å²) in [5.74, 6) is 0. The summed E-state index contributed by atoms with van der Waals surface area (Å²) in [6, 6.07) is 71.8. The van der Waals surface area contributed by atoms with Gasteiger partial charge in [0.25, 0.3) is 0 Å². The fourth-order valence-corrected chi connectivity index (χ4v) is 11.5. The molecule has 0 unspecified atom stereocenters. The molecule has 0 aliphatic rings. The molecule has 0 spiro atoms. The van der Waals surface area contributed by atoms with Crippen LogP contribution < -0.4 is 44.2 Å². The Bertz CT molecular complexity index is 2020. The Labute approximate surface area is 307 Å². The molecule has 48 heavy (non-hydrogen) atoms. The van der Waals surface area contributed by atoms with Crippen LogP contribution in [-0.2, 0) is 22.4 Å². The first kappa shape index (κ1) is 34.0. The molecule has 0 aliphatic carbocycles. The maximum Gasteiger partial charge on any atom is 1.00 e. The molecule has 0 radical (unpaired) electrons. The summed E-state index contributed by atoms with van der Waals surface area (Å²) in [4.78, 5) is 0. The van der Waals surface area contributed by atoms with Crippen LogP contribution in [-0.4, -0.2) is 0 Å². The summed E-state index contributed by atoms with van der Waals surface area (Å²) < 4.78 is 0. The van der Waals surface area contributed by atoms with Gasteiger partial charge in [-0.2, -0.15) is 0 Å². The Kier molecular flexibility index (Phi) is 11.1. The third-order valence-electron chi connectivity index (χ3n) is 8.60. The summed E-state index contributed by atoms with van der Waals surface area (Å²) >= 11 is 0. The molecule has 0 heterocycles. The van der Waals surface area contributed by atoms with E-state index in [2.05, 4.69) is 194 Å². The first-order chi connectivity index (χ1) is 22.9. The van der Waals surface area contributed by atoms with Gasteiger partial charge in [0.1, 0.15) is 0 Å². The van der Waals surface area contributed by atoms with Crippen molar-refractivity contribution in [2.75, 3.05) is 0 Å². The van der Waals surface area contributed by atoms with Gasteiger partial charge in [-0.25, -0.2) is 0 Å². The van der Waals surface area contributed by atoms with Crippen molar-refractivity contribution in [1.82, 2.24) is 0 Å². The molecule has 0 saturated heterocycles. The van der Waals surface area contributed by atoms with Gasteiger partial charge in [0, 0.05) is 0 Å². The van der Waals surface area contributed by atoms with Gasteiger partial charge in [0.2, 0.25) is 0 Å². The number of rotatable bonds is 7. The molecule has 0 nitrogen and oxygen atoms in total. The fourth-order valence-electron chi connectivity index (χ4n) is 6.58. The maximum absolute atomic E-state index is 2.42. The molecule has 0 fully saturated rings. The van der Waals surface area contributed by atoms with Gasteiger partial charge in [-0.1, -0.05) is 194 Å². The normalized spacial score (nSPS) is 11.0. The molecule has 4 heteroatoms. The van der Waals surface area contributed by atoms with Crippen LogP contribution in [0.5, 0.6) is 0 Å². The zero-order valence-corrected chi connectivity index (χ0v) is 30.8. The minimum Gasteiger partial charge on any atom is -1.00 e. The minimum absolute atomic E-state index is 0. The Morgan fingerprint density at radius 2 is 0.542 bits per heavy atom. The van der Waals surface area contributed by atoms with E-state index in [0.717, 1.165) is 0 Å². The van der Waals surface area contributed by atoms with Crippen molar-refractivity contribution >= 4 is 69.2 Å². The molecule has 0 bridgehead atoms. The summed E-state index contributed by atoms with van der Waals surface area (Å²) in [7, 11) is -1.70. The number of benzene rings is 8. The Balaban J connectivity index is 0.00000201. The topological polar surface area (TPSA) is 0 Å². The Hall–Kier alpha value is -3.83. The third-order valence-corrected chi connectivity index (χ3v) is 13.6. The van der Waals surface area contributed by atoms with E-state index in [1.807, 2.05) is 0 Å². The summed E-state index contributed by atoms with van der Waals surface area (Å²) in [5, 5.41) is 13.3. The van der Waals surface area contributed by atoms with Gasteiger partial charge in [0.05, 0.1) is 0 Å². The average molecular weight is 855 g/mol. The first-order valence-electron chi connectivity index (χ1n) is 15.7. The van der Waals surface area contributed by atoms with Crippen LogP contribution in [0.3, 0.4) is 0 Å². The van der Waals surface area contributed by atoms with E-state index in [1.165, 1.54) is 64.5 Å². The van der Waals surface area contributed by atoms with E-state index in [4.69, 9.17) is 0 Å². The minimum atomic E-state index is -0.852. The third kappa shape index (κ3) is 6.59. The second kappa shape index (κ2) is 15.6. The Morgan fingerprint density at radius 1 is 0.271 bits per heavy atom. The van der Waals surface area contributed by atoms with Gasteiger partial charge in [-0.05, 0) is 80.3 Å². The average Bonchev–Trinajstić information content (AvgIpc) is 3.14. The van der Waals surface area contributed by atoms with Gasteiger partial charge in [-0.15, -0.1) is 0 Å². The quantitative estimate of drug-likeness (QED) is 0.133. The largest absolute Gasteiger partial charge is 1.00 e. The van der Waals surface area contributed by atoms with Crippen LogP contribution in [0.2, 0.25) is 0 Å². The predicted octanol–water partition coefficient (Wildman–Crippen LogP) is 6.18. The molecular weight excluding hydrogens is 823 g/mol. The second-order valence-corrected chi connectivity index (χ2v) is 15.7. The molecule has 8 aromatic carbocycles. The van der Waals surface area contributed by atoms with Crippen LogP contribution in [0.25, 0.3) is 32.7 Å². The van der Waals surface area contributed by atoms with Crippen LogP contribution in [0.15, 0.2) is 194 Å². The first-order valence-corrected chi connectivity index (χ1v) is 18.4. The molecule has 0 aliphatic heterocycles. The van der Waals surface area contributed by atoms with Crippen molar-refractivity contribution in [1.29, 1.82) is 0 Å². The van der Waals surface area contributed by atoms with Crippen molar-refractivity contribution in [3.05, 3.63) is 194 Å². The zero-order valence-electron chi connectivity index (χ0n) is 26.0. The Morgan fingerprint density at radius 3 is 0.854 bits per heavy atom. The number of halogens is 1. The van der Waals surface area contributed by atoms with Gasteiger partial charge in [0.15, 0.2) is 0 Å². The van der Waals surface area contributed by atoms with E-state index in [1.54, 1.807) is 0 Å². The van der Waals surface area contributed by atoms with E-state index in [0.29, 0.717) is 0 Å². The zero-order chi connectivity index (χ0) is 30.7. The van der Waals surface area contributed by atoms with Crippen molar-refractivity contribution < 1.29 is 34.8 Å². The molecule has 0 amide bonds.